The van der Waals surface area contributed by atoms with E-state index in [0.29, 0.717) is 40.9 Å². The maximum Gasteiger partial charge on any atom is 0.343 e. The third-order valence-corrected chi connectivity index (χ3v) is 8.29. The van der Waals surface area contributed by atoms with Crippen LogP contribution in [0.2, 0.25) is 0 Å². The number of nitrogens with one attached hydrogen (secondary N) is 1. The van der Waals surface area contributed by atoms with Gasteiger partial charge in [0.2, 0.25) is 5.91 Å². The minimum absolute atomic E-state index is 0.0179. The molecule has 192 valence electrons. The van der Waals surface area contributed by atoms with Gasteiger partial charge in [0, 0.05) is 22.6 Å². The Kier molecular flexibility index (Phi) is 4.93. The van der Waals surface area contributed by atoms with Crippen LogP contribution in [0, 0.1) is 12.7 Å². The van der Waals surface area contributed by atoms with Crippen molar-refractivity contribution in [3.63, 3.8) is 0 Å². The predicted molar refractivity (Wildman–Crippen MR) is 130 cm³/mol. The number of amides is 1. The van der Waals surface area contributed by atoms with Gasteiger partial charge in [-0.2, -0.15) is 0 Å². The minimum Gasteiger partial charge on any atom is -0.458 e. The van der Waals surface area contributed by atoms with Crippen LogP contribution in [0.4, 0.5) is 4.39 Å². The molecule has 0 bridgehead atoms. The minimum atomic E-state index is -1.96. The van der Waals surface area contributed by atoms with Crippen LogP contribution in [0.15, 0.2) is 16.9 Å². The number of carbonyl (C=O) groups is 2. The van der Waals surface area contributed by atoms with E-state index in [1.165, 1.54) is 10.6 Å². The molecular weight excluding hydrogens is 481 g/mol. The topological polar surface area (TPSA) is 131 Å². The number of aryl methyl sites for hydroxylation is 1. The third-order valence-electron chi connectivity index (χ3n) is 8.29. The number of nitrogens with zero attached hydrogens (tertiary/aromatic N) is 2. The van der Waals surface area contributed by atoms with Gasteiger partial charge in [-0.25, -0.2) is 14.2 Å². The maximum absolute atomic E-state index is 15.0. The second kappa shape index (κ2) is 7.69. The SMILES string of the molecule is CC[C@@]1(O)C(=O)OCc2c1cc1n(c2=O)Cc2c-1nc1cc(F)c(C)c3c1c2[C@](C)(NC(=O)CO)CC3. The second-order valence-corrected chi connectivity index (χ2v) is 10.3. The molecule has 2 aromatic heterocycles. The number of carbonyl (C=O) groups excluding carboxylic acids is 2. The summed E-state index contributed by atoms with van der Waals surface area (Å²) in [7, 11) is 0. The van der Waals surface area contributed by atoms with E-state index in [1.54, 1.807) is 19.9 Å². The van der Waals surface area contributed by atoms with Gasteiger partial charge in [-0.3, -0.25) is 9.59 Å². The molecule has 3 aliphatic rings. The first-order valence-electron chi connectivity index (χ1n) is 12.3. The summed E-state index contributed by atoms with van der Waals surface area (Å²) < 4.78 is 21.6. The average molecular weight is 508 g/mol. The summed E-state index contributed by atoms with van der Waals surface area (Å²) in [6.45, 7) is 4.42. The van der Waals surface area contributed by atoms with Crippen molar-refractivity contribution in [2.75, 3.05) is 6.61 Å². The predicted octanol–water partition coefficient (Wildman–Crippen LogP) is 1.80. The Labute approximate surface area is 210 Å². The molecule has 4 heterocycles. The molecule has 6 rings (SSSR count). The summed E-state index contributed by atoms with van der Waals surface area (Å²) in [5.74, 6) is -1.75. The third kappa shape index (κ3) is 3.02. The Morgan fingerprint density at radius 3 is 2.73 bits per heavy atom. The van der Waals surface area contributed by atoms with Crippen LogP contribution < -0.4 is 10.9 Å². The highest BCUT2D eigenvalue weighted by Crippen LogP contribution is 2.47. The van der Waals surface area contributed by atoms with Gasteiger partial charge in [0.15, 0.2) is 5.60 Å². The number of aromatic nitrogens is 2. The lowest BCUT2D eigenvalue weighted by atomic mass is 9.74. The standard InChI is InChI=1S/C27H26FN3O6/c1-4-27(36)16-7-19-23-14(9-31(19)24(34)15(16)11-37-25(27)35)22-21-13(12(2)17(28)8-18(21)29-23)5-6-26(22,3)30-20(33)10-32/h7-8,32,36H,4-6,9-11H2,1-3H3,(H,30,33)/t26-,27+/m1/s1. The van der Waals surface area contributed by atoms with E-state index in [1.807, 2.05) is 6.92 Å². The highest BCUT2D eigenvalue weighted by molar-refractivity contribution is 5.94. The zero-order valence-electron chi connectivity index (χ0n) is 20.7. The summed E-state index contributed by atoms with van der Waals surface area (Å²) >= 11 is 0. The number of benzene rings is 1. The van der Waals surface area contributed by atoms with Crippen molar-refractivity contribution in [2.45, 2.75) is 64.3 Å². The van der Waals surface area contributed by atoms with Gasteiger partial charge in [-0.05, 0) is 55.9 Å². The zero-order valence-corrected chi connectivity index (χ0v) is 20.7. The molecule has 0 saturated carbocycles. The number of rotatable bonds is 3. The van der Waals surface area contributed by atoms with E-state index < -0.39 is 41.0 Å². The number of hydrogen-bond acceptors (Lipinski definition) is 7. The van der Waals surface area contributed by atoms with Crippen LogP contribution in [-0.4, -0.2) is 38.2 Å². The van der Waals surface area contributed by atoms with E-state index in [2.05, 4.69) is 5.32 Å². The lowest BCUT2D eigenvalue weighted by Crippen LogP contribution is -2.47. The van der Waals surface area contributed by atoms with E-state index in [4.69, 9.17) is 9.72 Å². The molecule has 9 nitrogen and oxygen atoms in total. The van der Waals surface area contributed by atoms with Crippen LogP contribution in [0.1, 0.15) is 60.1 Å². The smallest absolute Gasteiger partial charge is 0.343 e. The molecule has 0 spiro atoms. The number of hydrogen-bond donors (Lipinski definition) is 3. The van der Waals surface area contributed by atoms with Crippen LogP contribution in [0.5, 0.6) is 0 Å². The van der Waals surface area contributed by atoms with E-state index >= 15 is 0 Å². The van der Waals surface area contributed by atoms with Gasteiger partial charge in [0.1, 0.15) is 19.0 Å². The van der Waals surface area contributed by atoms with Crippen molar-refractivity contribution in [1.82, 2.24) is 14.9 Å². The number of pyridine rings is 2. The first kappa shape index (κ1) is 23.7. The Balaban J connectivity index is 1.69. The average Bonchev–Trinajstić information content (AvgIpc) is 3.24. The monoisotopic (exact) mass is 507 g/mol. The number of cyclic esters (lactones) is 1. The van der Waals surface area contributed by atoms with Crippen LogP contribution in [0.25, 0.3) is 22.3 Å². The summed E-state index contributed by atoms with van der Waals surface area (Å²) in [6.07, 6.45) is 0.977. The molecule has 1 aliphatic carbocycles. The number of ether oxygens (including phenoxy) is 1. The van der Waals surface area contributed by atoms with E-state index in [9.17, 15) is 29.0 Å². The van der Waals surface area contributed by atoms with Gasteiger partial charge in [-0.15, -0.1) is 0 Å². The van der Waals surface area contributed by atoms with Gasteiger partial charge < -0.3 is 24.8 Å². The maximum atomic E-state index is 15.0. The molecule has 10 heteroatoms. The first-order chi connectivity index (χ1) is 17.5. The van der Waals surface area contributed by atoms with Gasteiger partial charge in [0.05, 0.1) is 34.6 Å². The largest absolute Gasteiger partial charge is 0.458 e. The van der Waals surface area contributed by atoms with Gasteiger partial charge in [0.25, 0.3) is 5.56 Å². The lowest BCUT2D eigenvalue weighted by Gasteiger charge is -2.38. The lowest BCUT2D eigenvalue weighted by molar-refractivity contribution is -0.172. The van der Waals surface area contributed by atoms with E-state index in [-0.39, 0.29) is 30.7 Å². The number of esters is 1. The Morgan fingerprint density at radius 1 is 1.27 bits per heavy atom. The van der Waals surface area contributed by atoms with Crippen molar-refractivity contribution in [3.05, 3.63) is 61.7 Å². The quantitative estimate of drug-likeness (QED) is 0.361. The summed E-state index contributed by atoms with van der Waals surface area (Å²) in [5.41, 5.74) is 1.10. The summed E-state index contributed by atoms with van der Waals surface area (Å²) in [4.78, 5) is 43.2. The van der Waals surface area contributed by atoms with Crippen molar-refractivity contribution in [1.29, 1.82) is 0 Å². The molecule has 0 fully saturated rings. The molecule has 1 amide bonds. The molecule has 1 aromatic carbocycles. The Hall–Kier alpha value is -3.63. The molecule has 2 aliphatic heterocycles. The van der Waals surface area contributed by atoms with Gasteiger partial charge >= 0.3 is 5.97 Å². The zero-order chi connectivity index (χ0) is 26.4. The molecule has 0 saturated heterocycles. The van der Waals surface area contributed by atoms with Gasteiger partial charge in [-0.1, -0.05) is 6.92 Å². The fourth-order valence-electron chi connectivity index (χ4n) is 6.28. The van der Waals surface area contributed by atoms with Crippen molar-refractivity contribution in [3.8, 4) is 11.4 Å². The highest BCUT2D eigenvalue weighted by atomic mass is 19.1. The van der Waals surface area contributed by atoms with Crippen LogP contribution in [0.3, 0.4) is 0 Å². The van der Waals surface area contributed by atoms with E-state index in [0.717, 1.165) is 16.5 Å². The molecule has 2 atom stereocenters. The molecule has 3 N–H and O–H groups in total. The van der Waals surface area contributed by atoms with Crippen molar-refractivity contribution >= 4 is 22.8 Å². The number of aliphatic hydroxyl groups is 2. The normalized spacial score (nSPS) is 23.4. The second-order valence-electron chi connectivity index (χ2n) is 10.3. The van der Waals surface area contributed by atoms with Crippen LogP contribution in [-0.2, 0) is 45.0 Å². The van der Waals surface area contributed by atoms with Crippen molar-refractivity contribution < 1.29 is 28.9 Å². The fourth-order valence-corrected chi connectivity index (χ4v) is 6.28. The highest BCUT2D eigenvalue weighted by Gasteiger charge is 2.46. The molecular formula is C27H26FN3O6. The molecule has 37 heavy (non-hydrogen) atoms. The summed E-state index contributed by atoms with van der Waals surface area (Å²) in [5, 5.41) is 24.3. The van der Waals surface area contributed by atoms with Crippen LogP contribution >= 0.6 is 0 Å². The van der Waals surface area contributed by atoms with Crippen molar-refractivity contribution in [2.24, 2.45) is 0 Å². The molecule has 0 radical (unpaired) electrons. The Morgan fingerprint density at radius 2 is 2.03 bits per heavy atom. The molecule has 0 unspecified atom stereocenters. The number of halogens is 1. The fraction of sp³-hybridized carbons (Fsp3) is 0.407. The Bertz CT molecular complexity index is 1630. The number of fused-ring (bicyclic) bond motifs is 5. The first-order valence-corrected chi connectivity index (χ1v) is 12.3. The summed E-state index contributed by atoms with van der Waals surface area (Å²) in [6, 6.07) is 2.96. The molecule has 3 aromatic rings. The number of aliphatic hydroxyl groups excluding tert-OH is 1.